The first-order chi connectivity index (χ1) is 11.5. The molecule has 0 atom stereocenters. The van der Waals surface area contributed by atoms with E-state index in [1.807, 2.05) is 24.3 Å². The van der Waals surface area contributed by atoms with E-state index in [-0.39, 0.29) is 21.7 Å². The van der Waals surface area contributed by atoms with Crippen molar-refractivity contribution in [1.29, 1.82) is 0 Å². The quantitative estimate of drug-likeness (QED) is 0.604. The smallest absolute Gasteiger partial charge is 0.234 e. The summed E-state index contributed by atoms with van der Waals surface area (Å²) in [5, 5.41) is 14.3. The number of nitrogens with zero attached hydrogens (tertiary/aromatic N) is 2. The Labute approximate surface area is 157 Å². The van der Waals surface area contributed by atoms with E-state index in [1.165, 1.54) is 23.9 Å². The van der Waals surface area contributed by atoms with Crippen LogP contribution >= 0.6 is 46.6 Å². The highest BCUT2D eigenvalue weighted by molar-refractivity contribution is 8.00. The zero-order valence-electron chi connectivity index (χ0n) is 12.1. The number of amides is 1. The zero-order valence-corrected chi connectivity index (χ0v) is 15.2. The number of fused-ring (bicyclic) bond motifs is 1. The van der Waals surface area contributed by atoms with Crippen molar-refractivity contribution in [3.8, 4) is 0 Å². The van der Waals surface area contributed by atoms with E-state index < -0.39 is 0 Å². The van der Waals surface area contributed by atoms with Crippen LogP contribution in [-0.4, -0.2) is 21.9 Å². The van der Waals surface area contributed by atoms with Gasteiger partial charge in [0.2, 0.25) is 5.91 Å². The third kappa shape index (κ3) is 3.92. The molecule has 1 aromatic heterocycles. The third-order valence-electron chi connectivity index (χ3n) is 3.15. The van der Waals surface area contributed by atoms with Crippen molar-refractivity contribution in [3.63, 3.8) is 0 Å². The fourth-order valence-corrected chi connectivity index (χ4v) is 3.78. The molecule has 122 valence electrons. The highest BCUT2D eigenvalue weighted by atomic mass is 35.5. The molecule has 1 heterocycles. The molecule has 3 rings (SSSR count). The predicted octanol–water partition coefficient (Wildman–Crippen LogP) is 5.32. The summed E-state index contributed by atoms with van der Waals surface area (Å²) in [6.07, 6.45) is 1.69. The zero-order chi connectivity index (χ0) is 17.1. The van der Waals surface area contributed by atoms with Crippen LogP contribution in [-0.2, 0) is 4.79 Å². The number of hydrogen-bond donors (Lipinski definition) is 1. The molecule has 0 saturated heterocycles. The van der Waals surface area contributed by atoms with Gasteiger partial charge < -0.3 is 5.32 Å². The molecule has 24 heavy (non-hydrogen) atoms. The molecule has 0 aliphatic rings. The van der Waals surface area contributed by atoms with Crippen molar-refractivity contribution in [2.75, 3.05) is 11.1 Å². The summed E-state index contributed by atoms with van der Waals surface area (Å²) in [7, 11) is 0. The monoisotopic (exact) mass is 397 g/mol. The lowest BCUT2D eigenvalue weighted by atomic mass is 10.2. The van der Waals surface area contributed by atoms with Crippen LogP contribution in [0.25, 0.3) is 10.8 Å². The first-order valence-corrected chi connectivity index (χ1v) is 8.94. The molecule has 0 bridgehead atoms. The van der Waals surface area contributed by atoms with E-state index in [0.29, 0.717) is 15.7 Å². The van der Waals surface area contributed by atoms with Crippen LogP contribution in [0, 0.1) is 0 Å². The molecule has 0 saturated carbocycles. The minimum atomic E-state index is -0.249. The van der Waals surface area contributed by atoms with Crippen molar-refractivity contribution >= 4 is 68.9 Å². The Hall–Kier alpha value is -1.53. The van der Waals surface area contributed by atoms with Gasteiger partial charge in [-0.3, -0.25) is 4.79 Å². The van der Waals surface area contributed by atoms with E-state index in [2.05, 4.69) is 15.5 Å². The van der Waals surface area contributed by atoms with Gasteiger partial charge in [0.1, 0.15) is 5.03 Å². The number of benzene rings is 2. The van der Waals surface area contributed by atoms with Crippen LogP contribution in [0.1, 0.15) is 0 Å². The molecule has 0 aliphatic heterocycles. The maximum absolute atomic E-state index is 12.2. The average Bonchev–Trinajstić information content (AvgIpc) is 2.56. The van der Waals surface area contributed by atoms with Crippen molar-refractivity contribution in [2.24, 2.45) is 0 Å². The van der Waals surface area contributed by atoms with Crippen molar-refractivity contribution in [1.82, 2.24) is 10.2 Å². The molecule has 1 N–H and O–H groups in total. The fourth-order valence-electron chi connectivity index (χ4n) is 2.08. The summed E-state index contributed by atoms with van der Waals surface area (Å²) in [6.45, 7) is 0. The van der Waals surface area contributed by atoms with Gasteiger partial charge in [0.15, 0.2) is 0 Å². The number of hydrogen-bond acceptors (Lipinski definition) is 4. The summed E-state index contributed by atoms with van der Waals surface area (Å²) in [4.78, 5) is 12.2. The average molecular weight is 399 g/mol. The van der Waals surface area contributed by atoms with E-state index in [4.69, 9.17) is 34.8 Å². The molecule has 0 radical (unpaired) electrons. The Kier molecular flexibility index (Phi) is 5.46. The van der Waals surface area contributed by atoms with Gasteiger partial charge in [-0.2, -0.15) is 5.10 Å². The van der Waals surface area contributed by atoms with Crippen LogP contribution in [0.3, 0.4) is 0 Å². The molecule has 0 aliphatic carbocycles. The number of nitrogens with one attached hydrogen (secondary N) is 1. The highest BCUT2D eigenvalue weighted by Crippen LogP contribution is 2.34. The van der Waals surface area contributed by atoms with Gasteiger partial charge in [-0.05, 0) is 12.1 Å². The van der Waals surface area contributed by atoms with E-state index in [1.54, 1.807) is 6.20 Å². The standard InChI is InChI=1S/C16H10Cl3N3OS/c17-10-5-12(18)15(13(19)6-10)21-14(23)8-24-16-11-4-2-1-3-9(11)7-20-22-16/h1-7H,8H2,(H,21,23). The highest BCUT2D eigenvalue weighted by Gasteiger charge is 2.13. The second kappa shape index (κ2) is 7.57. The lowest BCUT2D eigenvalue weighted by molar-refractivity contribution is -0.113. The van der Waals surface area contributed by atoms with Crippen LogP contribution in [0.4, 0.5) is 5.69 Å². The van der Waals surface area contributed by atoms with Crippen molar-refractivity contribution in [3.05, 3.63) is 57.7 Å². The van der Waals surface area contributed by atoms with Gasteiger partial charge >= 0.3 is 0 Å². The molecule has 0 fully saturated rings. The lowest BCUT2D eigenvalue weighted by Crippen LogP contribution is -2.15. The van der Waals surface area contributed by atoms with Gasteiger partial charge in [-0.15, -0.1) is 5.10 Å². The Balaban J connectivity index is 1.72. The third-order valence-corrected chi connectivity index (χ3v) is 4.94. The number of carbonyl (C=O) groups excluding carboxylic acids is 1. The van der Waals surface area contributed by atoms with E-state index in [0.717, 1.165) is 10.8 Å². The first-order valence-electron chi connectivity index (χ1n) is 6.82. The van der Waals surface area contributed by atoms with Gasteiger partial charge in [0.05, 0.1) is 27.7 Å². The Morgan fingerprint density at radius 2 is 1.83 bits per heavy atom. The second-order valence-corrected chi connectivity index (χ2v) is 7.03. The largest absolute Gasteiger partial charge is 0.323 e. The summed E-state index contributed by atoms with van der Waals surface area (Å²) < 4.78 is 0. The molecule has 1 amide bonds. The van der Waals surface area contributed by atoms with Gasteiger partial charge in [0, 0.05) is 15.8 Å². The lowest BCUT2D eigenvalue weighted by Gasteiger charge is -2.10. The van der Waals surface area contributed by atoms with Crippen molar-refractivity contribution in [2.45, 2.75) is 5.03 Å². The topological polar surface area (TPSA) is 54.9 Å². The summed E-state index contributed by atoms with van der Waals surface area (Å²) in [6, 6.07) is 10.8. The second-order valence-electron chi connectivity index (χ2n) is 4.82. The summed E-state index contributed by atoms with van der Waals surface area (Å²) >= 11 is 19.3. The summed E-state index contributed by atoms with van der Waals surface area (Å²) in [5.41, 5.74) is 0.345. The number of anilines is 1. The van der Waals surface area contributed by atoms with Crippen LogP contribution in [0.15, 0.2) is 47.6 Å². The van der Waals surface area contributed by atoms with Gasteiger partial charge in [0.25, 0.3) is 0 Å². The van der Waals surface area contributed by atoms with Crippen molar-refractivity contribution < 1.29 is 4.79 Å². The maximum Gasteiger partial charge on any atom is 0.234 e. The number of halogens is 3. The fraction of sp³-hybridized carbons (Fsp3) is 0.0625. The maximum atomic E-state index is 12.2. The number of rotatable bonds is 4. The molecule has 4 nitrogen and oxygen atoms in total. The Bertz CT molecular complexity index is 892. The molecule has 3 aromatic rings. The molecular weight excluding hydrogens is 389 g/mol. The molecule has 2 aromatic carbocycles. The van der Waals surface area contributed by atoms with Crippen LogP contribution < -0.4 is 5.32 Å². The van der Waals surface area contributed by atoms with Crippen LogP contribution in [0.2, 0.25) is 15.1 Å². The first kappa shape index (κ1) is 17.3. The molecular formula is C16H10Cl3N3OS. The van der Waals surface area contributed by atoms with E-state index in [9.17, 15) is 4.79 Å². The van der Waals surface area contributed by atoms with Gasteiger partial charge in [-0.25, -0.2) is 0 Å². The number of aromatic nitrogens is 2. The minimum absolute atomic E-state index is 0.151. The minimum Gasteiger partial charge on any atom is -0.323 e. The van der Waals surface area contributed by atoms with E-state index >= 15 is 0 Å². The number of thioether (sulfide) groups is 1. The number of carbonyl (C=O) groups is 1. The molecule has 8 heteroatoms. The SMILES string of the molecule is O=C(CSc1nncc2ccccc12)Nc1c(Cl)cc(Cl)cc1Cl. The molecule has 0 spiro atoms. The van der Waals surface area contributed by atoms with Gasteiger partial charge in [-0.1, -0.05) is 70.8 Å². The normalized spacial score (nSPS) is 10.8. The summed E-state index contributed by atoms with van der Waals surface area (Å²) in [5.74, 6) is -0.0984. The van der Waals surface area contributed by atoms with Crippen LogP contribution in [0.5, 0.6) is 0 Å². The molecule has 0 unspecified atom stereocenters. The predicted molar refractivity (Wildman–Crippen MR) is 100 cm³/mol. The Morgan fingerprint density at radius 3 is 2.58 bits per heavy atom. The Morgan fingerprint density at radius 1 is 1.12 bits per heavy atom.